The number of hydrogen-bond acceptors (Lipinski definition) is 4. The Morgan fingerprint density at radius 3 is 2.90 bits per heavy atom. The second kappa shape index (κ2) is 5.01. The molecule has 4 rings (SSSR count). The fraction of sp³-hybridized carbons (Fsp3) is 0.412. The Morgan fingerprint density at radius 1 is 1.24 bits per heavy atom. The van der Waals surface area contributed by atoms with E-state index in [1.54, 1.807) is 0 Å². The number of nitriles is 1. The van der Waals surface area contributed by atoms with Crippen LogP contribution in [-0.4, -0.2) is 23.7 Å². The van der Waals surface area contributed by atoms with E-state index in [1.807, 2.05) is 30.3 Å². The molecule has 2 aliphatic rings. The van der Waals surface area contributed by atoms with Gasteiger partial charge in [0.2, 0.25) is 0 Å². The highest BCUT2D eigenvalue weighted by Crippen LogP contribution is 2.39. The number of para-hydroxylation sites is 1. The molecule has 1 aliphatic heterocycles. The van der Waals surface area contributed by atoms with E-state index in [0.29, 0.717) is 23.6 Å². The Balaban J connectivity index is 1.65. The molecular formula is C17H17N3O. The number of ether oxygens (including phenoxy) is 1. The van der Waals surface area contributed by atoms with Gasteiger partial charge in [-0.25, -0.2) is 4.98 Å². The first-order chi connectivity index (χ1) is 10.3. The summed E-state index contributed by atoms with van der Waals surface area (Å²) in [5, 5.41) is 13.7. The van der Waals surface area contributed by atoms with E-state index in [9.17, 15) is 5.26 Å². The number of nitrogens with one attached hydrogen (secondary N) is 1. The van der Waals surface area contributed by atoms with Gasteiger partial charge in [-0.15, -0.1) is 0 Å². The fourth-order valence-corrected chi connectivity index (χ4v) is 3.19. The number of fused-ring (bicyclic) bond motifs is 1. The summed E-state index contributed by atoms with van der Waals surface area (Å²) in [5.74, 6) is 1.49. The van der Waals surface area contributed by atoms with E-state index in [-0.39, 0.29) is 0 Å². The first kappa shape index (κ1) is 12.6. The molecule has 0 amide bonds. The molecule has 0 bridgehead atoms. The second-order valence-electron chi connectivity index (χ2n) is 5.90. The minimum Gasteiger partial charge on any atom is -0.376 e. The summed E-state index contributed by atoms with van der Waals surface area (Å²) in [7, 11) is 0. The van der Waals surface area contributed by atoms with E-state index in [4.69, 9.17) is 4.74 Å². The lowest BCUT2D eigenvalue weighted by Crippen LogP contribution is -2.31. The SMILES string of the molecule is N#Cc1cc(NC2CCOC2C2CC2)nc2ccccc12. The van der Waals surface area contributed by atoms with E-state index in [1.165, 1.54) is 12.8 Å². The Kier molecular flexibility index (Phi) is 3.01. The van der Waals surface area contributed by atoms with Gasteiger partial charge in [0.05, 0.1) is 29.3 Å². The molecule has 1 aromatic carbocycles. The molecule has 106 valence electrons. The van der Waals surface area contributed by atoms with Crippen LogP contribution in [0.2, 0.25) is 0 Å². The van der Waals surface area contributed by atoms with Crippen molar-refractivity contribution in [2.24, 2.45) is 5.92 Å². The fourth-order valence-electron chi connectivity index (χ4n) is 3.19. The highest BCUT2D eigenvalue weighted by atomic mass is 16.5. The lowest BCUT2D eigenvalue weighted by molar-refractivity contribution is 0.0898. The standard InChI is InChI=1S/C17H17N3O/c18-10-12-9-16(19-14-4-2-1-3-13(12)14)20-15-7-8-21-17(15)11-5-6-11/h1-4,9,11,15,17H,5-8H2,(H,19,20). The minimum absolute atomic E-state index is 0.309. The van der Waals surface area contributed by atoms with Crippen LogP contribution in [0.25, 0.3) is 10.9 Å². The van der Waals surface area contributed by atoms with Crippen molar-refractivity contribution in [2.75, 3.05) is 11.9 Å². The van der Waals surface area contributed by atoms with Crippen LogP contribution in [0.1, 0.15) is 24.8 Å². The molecule has 2 unspecified atom stereocenters. The van der Waals surface area contributed by atoms with Gasteiger partial charge in [0.1, 0.15) is 5.82 Å². The van der Waals surface area contributed by atoms with Gasteiger partial charge in [0, 0.05) is 12.0 Å². The van der Waals surface area contributed by atoms with Crippen LogP contribution < -0.4 is 5.32 Å². The topological polar surface area (TPSA) is 57.9 Å². The highest BCUT2D eigenvalue weighted by molar-refractivity contribution is 5.86. The third-order valence-electron chi connectivity index (χ3n) is 4.39. The van der Waals surface area contributed by atoms with E-state index in [2.05, 4.69) is 16.4 Å². The normalized spacial score (nSPS) is 24.9. The van der Waals surface area contributed by atoms with Gasteiger partial charge in [-0.1, -0.05) is 18.2 Å². The molecule has 21 heavy (non-hydrogen) atoms. The lowest BCUT2D eigenvalue weighted by atomic mass is 10.1. The van der Waals surface area contributed by atoms with Crippen LogP contribution >= 0.6 is 0 Å². The summed E-state index contributed by atoms with van der Waals surface area (Å²) in [4.78, 5) is 4.64. The van der Waals surface area contributed by atoms with Crippen LogP contribution in [-0.2, 0) is 4.74 Å². The van der Waals surface area contributed by atoms with Crippen LogP contribution in [0.4, 0.5) is 5.82 Å². The first-order valence-corrected chi connectivity index (χ1v) is 7.53. The predicted molar refractivity (Wildman–Crippen MR) is 80.9 cm³/mol. The number of benzene rings is 1. The molecular weight excluding hydrogens is 262 g/mol. The zero-order valence-electron chi connectivity index (χ0n) is 11.7. The van der Waals surface area contributed by atoms with Gasteiger partial charge in [-0.2, -0.15) is 5.26 Å². The Hall–Kier alpha value is -2.12. The molecule has 2 aromatic rings. The number of rotatable bonds is 3. The molecule has 4 heteroatoms. The summed E-state index contributed by atoms with van der Waals surface area (Å²) in [6.07, 6.45) is 3.87. The quantitative estimate of drug-likeness (QED) is 0.938. The maximum absolute atomic E-state index is 9.34. The first-order valence-electron chi connectivity index (χ1n) is 7.53. The van der Waals surface area contributed by atoms with Crippen LogP contribution in [0.5, 0.6) is 0 Å². The number of anilines is 1. The molecule has 0 radical (unpaired) electrons. The molecule has 0 spiro atoms. The van der Waals surface area contributed by atoms with Crippen molar-refractivity contribution in [3.8, 4) is 6.07 Å². The minimum atomic E-state index is 0.309. The summed E-state index contributed by atoms with van der Waals surface area (Å²) >= 11 is 0. The van der Waals surface area contributed by atoms with Crippen molar-refractivity contribution in [2.45, 2.75) is 31.4 Å². The molecule has 2 atom stereocenters. The molecule has 1 N–H and O–H groups in total. The summed E-state index contributed by atoms with van der Waals surface area (Å²) in [5.41, 5.74) is 1.53. The third-order valence-corrected chi connectivity index (χ3v) is 4.39. The van der Waals surface area contributed by atoms with Crippen LogP contribution in [0, 0.1) is 17.2 Å². The third kappa shape index (κ3) is 2.34. The van der Waals surface area contributed by atoms with Crippen molar-refractivity contribution < 1.29 is 4.74 Å². The summed E-state index contributed by atoms with van der Waals surface area (Å²) < 4.78 is 5.85. The second-order valence-corrected chi connectivity index (χ2v) is 5.90. The van der Waals surface area contributed by atoms with Crippen LogP contribution in [0.3, 0.4) is 0 Å². The van der Waals surface area contributed by atoms with Gasteiger partial charge in [0.25, 0.3) is 0 Å². The van der Waals surface area contributed by atoms with Crippen molar-refractivity contribution in [3.63, 3.8) is 0 Å². The van der Waals surface area contributed by atoms with Gasteiger partial charge in [0.15, 0.2) is 0 Å². The van der Waals surface area contributed by atoms with Gasteiger partial charge in [-0.05, 0) is 37.3 Å². The molecule has 4 nitrogen and oxygen atoms in total. The number of nitrogens with zero attached hydrogens (tertiary/aromatic N) is 2. The molecule has 2 heterocycles. The Bertz CT molecular complexity index is 718. The molecule has 1 aromatic heterocycles. The molecule has 1 saturated carbocycles. The van der Waals surface area contributed by atoms with E-state index < -0.39 is 0 Å². The highest BCUT2D eigenvalue weighted by Gasteiger charge is 2.40. The average molecular weight is 279 g/mol. The lowest BCUT2D eigenvalue weighted by Gasteiger charge is -2.20. The van der Waals surface area contributed by atoms with Crippen LogP contribution in [0.15, 0.2) is 30.3 Å². The van der Waals surface area contributed by atoms with E-state index >= 15 is 0 Å². The molecule has 1 saturated heterocycles. The molecule has 1 aliphatic carbocycles. The maximum atomic E-state index is 9.34. The largest absolute Gasteiger partial charge is 0.376 e. The van der Waals surface area contributed by atoms with Crippen molar-refractivity contribution in [1.82, 2.24) is 4.98 Å². The smallest absolute Gasteiger partial charge is 0.128 e. The van der Waals surface area contributed by atoms with Gasteiger partial charge < -0.3 is 10.1 Å². The number of pyridine rings is 1. The van der Waals surface area contributed by atoms with E-state index in [0.717, 1.165) is 29.7 Å². The number of aromatic nitrogens is 1. The Morgan fingerprint density at radius 2 is 2.10 bits per heavy atom. The van der Waals surface area contributed by atoms with Crippen molar-refractivity contribution >= 4 is 16.7 Å². The maximum Gasteiger partial charge on any atom is 0.128 e. The van der Waals surface area contributed by atoms with Gasteiger partial charge >= 0.3 is 0 Å². The average Bonchev–Trinajstić information content (AvgIpc) is 3.26. The van der Waals surface area contributed by atoms with Crippen molar-refractivity contribution in [3.05, 3.63) is 35.9 Å². The molecule has 2 fully saturated rings. The summed E-state index contributed by atoms with van der Waals surface area (Å²) in [6, 6.07) is 12.2. The zero-order valence-corrected chi connectivity index (χ0v) is 11.7. The zero-order chi connectivity index (χ0) is 14.2. The Labute approximate surface area is 123 Å². The number of hydrogen-bond donors (Lipinski definition) is 1. The predicted octanol–water partition coefficient (Wildman–Crippen LogP) is 3.09. The van der Waals surface area contributed by atoms with Gasteiger partial charge in [-0.3, -0.25) is 0 Å². The van der Waals surface area contributed by atoms with Crippen molar-refractivity contribution in [1.29, 1.82) is 5.26 Å². The monoisotopic (exact) mass is 279 g/mol. The summed E-state index contributed by atoms with van der Waals surface area (Å²) in [6.45, 7) is 0.817.